The molecule has 0 fully saturated rings. The molecule has 0 radical (unpaired) electrons. The van der Waals surface area contributed by atoms with Gasteiger partial charge >= 0.3 is 6.41 Å². The molecule has 0 spiro atoms. The molecule has 16 heavy (non-hydrogen) atoms. The molecule has 1 aromatic rings. The van der Waals surface area contributed by atoms with E-state index in [1.165, 1.54) is 18.6 Å². The summed E-state index contributed by atoms with van der Waals surface area (Å²) in [6.45, 7) is 0.866. The van der Waals surface area contributed by atoms with E-state index in [-0.39, 0.29) is 5.82 Å². The Bertz CT molecular complexity index is 425. The van der Waals surface area contributed by atoms with Gasteiger partial charge in [-0.25, -0.2) is 4.39 Å². The van der Waals surface area contributed by atoms with Gasteiger partial charge in [0.2, 0.25) is 0 Å². The van der Waals surface area contributed by atoms with E-state index in [1.54, 1.807) is 12.1 Å². The molecule has 0 saturated heterocycles. The van der Waals surface area contributed by atoms with Crippen LogP contribution in [0.2, 0.25) is 0 Å². The Balaban J connectivity index is 1.93. The second-order valence-corrected chi connectivity index (χ2v) is 3.92. The molecule has 0 amide bonds. The van der Waals surface area contributed by atoms with Crippen LogP contribution in [-0.2, 0) is 15.9 Å². The Morgan fingerprint density at radius 3 is 2.88 bits per heavy atom. The van der Waals surface area contributed by atoms with E-state index in [9.17, 15) is 4.39 Å². The maximum Gasteiger partial charge on any atom is 0.326 e. The number of hydrogen-bond donors (Lipinski definition) is 0. The summed E-state index contributed by atoms with van der Waals surface area (Å²) >= 11 is 0. The van der Waals surface area contributed by atoms with Crippen LogP contribution in [0.1, 0.15) is 12.0 Å². The van der Waals surface area contributed by atoms with Crippen LogP contribution in [0.3, 0.4) is 0 Å². The quantitative estimate of drug-likeness (QED) is 0.726. The lowest BCUT2D eigenvalue weighted by Crippen LogP contribution is -2.39. The van der Waals surface area contributed by atoms with Gasteiger partial charge in [0.05, 0.1) is 0 Å². The first-order chi connectivity index (χ1) is 7.84. The van der Waals surface area contributed by atoms with Crippen molar-refractivity contribution in [3.63, 3.8) is 0 Å². The van der Waals surface area contributed by atoms with Crippen molar-refractivity contribution in [1.29, 1.82) is 0 Å². The summed E-state index contributed by atoms with van der Waals surface area (Å²) < 4.78 is 23.7. The van der Waals surface area contributed by atoms with Crippen molar-refractivity contribution in [3.8, 4) is 0 Å². The second-order valence-electron chi connectivity index (χ2n) is 3.92. The first-order valence-electron chi connectivity index (χ1n) is 5.35. The van der Waals surface area contributed by atoms with Crippen LogP contribution >= 0.6 is 0 Å². The number of halogens is 1. The highest BCUT2D eigenvalue weighted by Gasteiger charge is 2.27. The van der Waals surface area contributed by atoms with Crippen LogP contribution in [0.4, 0.5) is 10.1 Å². The number of benzene rings is 1. The number of anilines is 1. The second kappa shape index (κ2) is 3.70. The fraction of sp³-hybridized carbons (Fsp3) is 0.333. The van der Waals surface area contributed by atoms with Crippen molar-refractivity contribution in [2.24, 2.45) is 0 Å². The lowest BCUT2D eigenvalue weighted by Gasteiger charge is -2.33. The smallest absolute Gasteiger partial charge is 0.326 e. The van der Waals surface area contributed by atoms with E-state index >= 15 is 0 Å². The molecule has 84 valence electrons. The molecular weight excluding hydrogens is 209 g/mol. The minimum atomic E-state index is -0.399. The SMILES string of the molecule is Fc1ccc2c(c1)CCCN2C1OC=CO1. The molecule has 2 heterocycles. The highest BCUT2D eigenvalue weighted by molar-refractivity contribution is 5.55. The maximum absolute atomic E-state index is 13.1. The minimum Gasteiger partial charge on any atom is -0.442 e. The largest absolute Gasteiger partial charge is 0.442 e. The number of fused-ring (bicyclic) bond motifs is 1. The van der Waals surface area contributed by atoms with Gasteiger partial charge in [0.15, 0.2) is 0 Å². The molecule has 0 atom stereocenters. The van der Waals surface area contributed by atoms with Crippen molar-refractivity contribution < 1.29 is 13.9 Å². The predicted molar refractivity (Wildman–Crippen MR) is 57.2 cm³/mol. The number of nitrogens with zero attached hydrogens (tertiary/aromatic N) is 1. The van der Waals surface area contributed by atoms with E-state index in [0.717, 1.165) is 30.6 Å². The zero-order valence-electron chi connectivity index (χ0n) is 8.73. The van der Waals surface area contributed by atoms with E-state index in [0.29, 0.717) is 0 Å². The van der Waals surface area contributed by atoms with E-state index in [4.69, 9.17) is 9.47 Å². The first kappa shape index (κ1) is 9.51. The molecule has 0 aromatic heterocycles. The van der Waals surface area contributed by atoms with Gasteiger partial charge in [0.1, 0.15) is 18.3 Å². The standard InChI is InChI=1S/C12H12FNO2/c13-10-3-4-11-9(8-10)2-1-5-14(11)12-15-6-7-16-12/h3-4,6-8,12H,1-2,5H2. The third-order valence-corrected chi connectivity index (χ3v) is 2.90. The summed E-state index contributed by atoms with van der Waals surface area (Å²) in [6.07, 6.45) is 4.55. The lowest BCUT2D eigenvalue weighted by molar-refractivity contribution is -0.0247. The van der Waals surface area contributed by atoms with Crippen LogP contribution in [0.15, 0.2) is 30.7 Å². The monoisotopic (exact) mass is 221 g/mol. The van der Waals surface area contributed by atoms with Gasteiger partial charge in [-0.1, -0.05) is 0 Å². The Morgan fingerprint density at radius 1 is 1.25 bits per heavy atom. The van der Waals surface area contributed by atoms with Crippen LogP contribution in [0.25, 0.3) is 0 Å². The van der Waals surface area contributed by atoms with Gasteiger partial charge in [0, 0.05) is 12.2 Å². The summed E-state index contributed by atoms with van der Waals surface area (Å²) in [5.41, 5.74) is 2.02. The molecule has 4 heteroatoms. The van der Waals surface area contributed by atoms with Crippen LogP contribution < -0.4 is 4.90 Å². The molecule has 2 aliphatic heterocycles. The van der Waals surface area contributed by atoms with Gasteiger partial charge < -0.3 is 14.4 Å². The fourth-order valence-electron chi connectivity index (χ4n) is 2.19. The van der Waals surface area contributed by atoms with Gasteiger partial charge in [0.25, 0.3) is 0 Å². The molecule has 3 rings (SSSR count). The van der Waals surface area contributed by atoms with Crippen molar-refractivity contribution in [1.82, 2.24) is 0 Å². The van der Waals surface area contributed by atoms with Crippen LogP contribution in [-0.4, -0.2) is 13.0 Å². The molecule has 1 aromatic carbocycles. The van der Waals surface area contributed by atoms with E-state index in [2.05, 4.69) is 0 Å². The van der Waals surface area contributed by atoms with Gasteiger partial charge in [-0.15, -0.1) is 0 Å². The normalized spacial score (nSPS) is 19.2. The average Bonchev–Trinajstić information content (AvgIpc) is 2.81. The first-order valence-corrected chi connectivity index (χ1v) is 5.35. The number of hydrogen-bond acceptors (Lipinski definition) is 3. The maximum atomic E-state index is 13.1. The summed E-state index contributed by atoms with van der Waals surface area (Å²) in [7, 11) is 0. The Kier molecular flexibility index (Phi) is 2.20. The lowest BCUT2D eigenvalue weighted by atomic mass is 10.0. The summed E-state index contributed by atoms with van der Waals surface area (Å²) in [5, 5.41) is 0. The molecule has 2 aliphatic rings. The zero-order chi connectivity index (χ0) is 11.0. The third-order valence-electron chi connectivity index (χ3n) is 2.90. The highest BCUT2D eigenvalue weighted by Crippen LogP contribution is 2.30. The fourth-order valence-corrected chi connectivity index (χ4v) is 2.19. The average molecular weight is 221 g/mol. The van der Waals surface area contributed by atoms with Crippen LogP contribution in [0.5, 0.6) is 0 Å². The van der Waals surface area contributed by atoms with Crippen molar-refractivity contribution >= 4 is 5.69 Å². The number of aryl methyl sites for hydroxylation is 1. The molecule has 0 aliphatic carbocycles. The minimum absolute atomic E-state index is 0.188. The number of rotatable bonds is 1. The molecule has 0 bridgehead atoms. The molecule has 0 N–H and O–H groups in total. The Morgan fingerprint density at radius 2 is 2.06 bits per heavy atom. The molecule has 0 saturated carbocycles. The van der Waals surface area contributed by atoms with Crippen molar-refractivity contribution in [3.05, 3.63) is 42.1 Å². The Hall–Kier alpha value is -1.71. The summed E-state index contributed by atoms with van der Waals surface area (Å²) in [4.78, 5) is 2.01. The number of ether oxygens (including phenoxy) is 2. The summed E-state index contributed by atoms with van der Waals surface area (Å²) in [5.74, 6) is -0.188. The van der Waals surface area contributed by atoms with Gasteiger partial charge in [-0.05, 0) is 36.6 Å². The molecule has 0 unspecified atom stereocenters. The van der Waals surface area contributed by atoms with Crippen LogP contribution in [0, 0.1) is 5.82 Å². The van der Waals surface area contributed by atoms with Crippen molar-refractivity contribution in [2.75, 3.05) is 11.4 Å². The van der Waals surface area contributed by atoms with Crippen molar-refractivity contribution in [2.45, 2.75) is 19.3 Å². The Labute approximate surface area is 93.1 Å². The van der Waals surface area contributed by atoms with E-state index in [1.807, 2.05) is 4.90 Å². The molecule has 3 nitrogen and oxygen atoms in total. The van der Waals surface area contributed by atoms with Gasteiger partial charge in [-0.3, -0.25) is 0 Å². The predicted octanol–water partition coefficient (Wildman–Crippen LogP) is 2.38. The third kappa shape index (κ3) is 1.50. The van der Waals surface area contributed by atoms with Gasteiger partial charge in [-0.2, -0.15) is 0 Å². The van der Waals surface area contributed by atoms with E-state index < -0.39 is 6.41 Å². The topological polar surface area (TPSA) is 21.7 Å². The molecular formula is C12H12FNO2. The zero-order valence-corrected chi connectivity index (χ0v) is 8.73. The summed E-state index contributed by atoms with van der Waals surface area (Å²) in [6, 6.07) is 4.85. The highest BCUT2D eigenvalue weighted by atomic mass is 19.1.